The van der Waals surface area contributed by atoms with Gasteiger partial charge in [0.15, 0.2) is 0 Å². The number of hydrogen-bond acceptors (Lipinski definition) is 3. The van der Waals surface area contributed by atoms with Crippen molar-refractivity contribution in [2.75, 3.05) is 39.3 Å². The molecule has 0 aromatic heterocycles. The number of nitrogens with one attached hydrogen (secondary N) is 1. The fourth-order valence-corrected chi connectivity index (χ4v) is 2.72. The minimum Gasteiger partial charge on any atom is -0.355 e. The Kier molecular flexibility index (Phi) is 5.70. The number of carbonyl (C=O) groups is 1. The highest BCUT2D eigenvalue weighted by molar-refractivity contribution is 5.77. The van der Waals surface area contributed by atoms with Gasteiger partial charge in [0, 0.05) is 38.8 Å². The van der Waals surface area contributed by atoms with Crippen molar-refractivity contribution in [3.63, 3.8) is 0 Å². The number of rotatable bonds is 5. The van der Waals surface area contributed by atoms with Gasteiger partial charge in [-0.15, -0.1) is 0 Å². The average molecular weight is 293 g/mol. The van der Waals surface area contributed by atoms with E-state index in [1.807, 2.05) is 19.1 Å². The molecule has 1 saturated heterocycles. The van der Waals surface area contributed by atoms with Crippen LogP contribution >= 0.6 is 0 Å². The van der Waals surface area contributed by atoms with Gasteiger partial charge in [-0.25, -0.2) is 4.39 Å². The number of piperazine rings is 1. The molecule has 0 saturated carbocycles. The third-order valence-corrected chi connectivity index (χ3v) is 4.05. The molecule has 1 heterocycles. The smallest absolute Gasteiger partial charge is 0.234 e. The molecule has 21 heavy (non-hydrogen) atoms. The number of likely N-dealkylation sites (N-methyl/N-ethyl adjacent to an activating group) is 1. The van der Waals surface area contributed by atoms with Gasteiger partial charge in [-0.05, 0) is 31.5 Å². The molecule has 1 aromatic rings. The van der Waals surface area contributed by atoms with Crippen molar-refractivity contribution >= 4 is 5.91 Å². The van der Waals surface area contributed by atoms with Crippen LogP contribution in [0.25, 0.3) is 0 Å². The third kappa shape index (κ3) is 4.51. The summed E-state index contributed by atoms with van der Waals surface area (Å²) in [5.74, 6) is -0.102. The van der Waals surface area contributed by atoms with Gasteiger partial charge in [0.1, 0.15) is 5.82 Å². The molecule has 1 atom stereocenters. The molecular formula is C16H24FN3O. The maximum atomic E-state index is 13.0. The lowest BCUT2D eigenvalue weighted by atomic mass is 10.1. The predicted molar refractivity (Wildman–Crippen MR) is 81.5 cm³/mol. The van der Waals surface area contributed by atoms with E-state index in [2.05, 4.69) is 22.0 Å². The van der Waals surface area contributed by atoms with Crippen LogP contribution in [0, 0.1) is 5.82 Å². The van der Waals surface area contributed by atoms with E-state index in [-0.39, 0.29) is 17.8 Å². The highest BCUT2D eigenvalue weighted by Gasteiger charge is 2.22. The maximum Gasteiger partial charge on any atom is 0.234 e. The summed E-state index contributed by atoms with van der Waals surface area (Å²) >= 11 is 0. The molecule has 0 bridgehead atoms. The number of carbonyl (C=O) groups excluding carboxylic acids is 1. The molecule has 0 spiro atoms. The first kappa shape index (κ1) is 15.9. The molecule has 1 fully saturated rings. The van der Waals surface area contributed by atoms with Gasteiger partial charge in [0.2, 0.25) is 5.91 Å². The quantitative estimate of drug-likeness (QED) is 0.896. The molecule has 1 aromatic carbocycles. The summed E-state index contributed by atoms with van der Waals surface area (Å²) in [6, 6.07) is 6.99. The summed E-state index contributed by atoms with van der Waals surface area (Å²) in [6.45, 7) is 8.88. The van der Waals surface area contributed by atoms with E-state index in [4.69, 9.17) is 0 Å². The van der Waals surface area contributed by atoms with Crippen LogP contribution in [0.2, 0.25) is 0 Å². The lowest BCUT2D eigenvalue weighted by Gasteiger charge is -2.37. The molecule has 1 amide bonds. The molecule has 5 heteroatoms. The van der Waals surface area contributed by atoms with Crippen molar-refractivity contribution in [3.8, 4) is 0 Å². The Morgan fingerprint density at radius 1 is 1.24 bits per heavy atom. The monoisotopic (exact) mass is 293 g/mol. The second-order valence-corrected chi connectivity index (χ2v) is 5.49. The Morgan fingerprint density at radius 2 is 1.86 bits per heavy atom. The van der Waals surface area contributed by atoms with Crippen molar-refractivity contribution in [3.05, 3.63) is 35.6 Å². The first-order valence-corrected chi connectivity index (χ1v) is 7.58. The number of halogens is 1. The lowest BCUT2D eigenvalue weighted by molar-refractivity contribution is -0.122. The van der Waals surface area contributed by atoms with Crippen molar-refractivity contribution in [1.29, 1.82) is 0 Å². The van der Waals surface area contributed by atoms with E-state index >= 15 is 0 Å². The summed E-state index contributed by atoms with van der Waals surface area (Å²) in [5.41, 5.74) is 1.13. The van der Waals surface area contributed by atoms with Crippen molar-refractivity contribution in [2.45, 2.75) is 19.9 Å². The van der Waals surface area contributed by atoms with Crippen LogP contribution in [0.4, 0.5) is 4.39 Å². The maximum absolute atomic E-state index is 13.0. The van der Waals surface area contributed by atoms with Crippen LogP contribution in [0.3, 0.4) is 0 Å². The molecule has 1 N–H and O–H groups in total. The van der Waals surface area contributed by atoms with Crippen LogP contribution in [0.5, 0.6) is 0 Å². The number of amides is 1. The zero-order valence-electron chi connectivity index (χ0n) is 12.8. The summed E-state index contributed by atoms with van der Waals surface area (Å²) in [7, 11) is 0. The highest BCUT2D eigenvalue weighted by Crippen LogP contribution is 2.21. The molecule has 1 aliphatic rings. The summed E-state index contributed by atoms with van der Waals surface area (Å²) in [6.07, 6.45) is 0. The molecule has 0 unspecified atom stereocenters. The SMILES string of the molecule is CCNC(=O)CN1CCN([C@@H](C)c2ccc(F)cc2)CC1. The Morgan fingerprint density at radius 3 is 2.43 bits per heavy atom. The Balaban J connectivity index is 1.83. The normalized spacial score (nSPS) is 18.4. The van der Waals surface area contributed by atoms with Gasteiger partial charge in [0.25, 0.3) is 0 Å². The molecule has 1 aliphatic heterocycles. The zero-order valence-corrected chi connectivity index (χ0v) is 12.8. The molecular weight excluding hydrogens is 269 g/mol. The minimum atomic E-state index is -0.197. The lowest BCUT2D eigenvalue weighted by Crippen LogP contribution is -2.49. The Hall–Kier alpha value is -1.46. The van der Waals surface area contributed by atoms with Gasteiger partial charge in [-0.3, -0.25) is 14.6 Å². The fourth-order valence-electron chi connectivity index (χ4n) is 2.72. The molecule has 0 aliphatic carbocycles. The third-order valence-electron chi connectivity index (χ3n) is 4.05. The molecule has 116 valence electrons. The second kappa shape index (κ2) is 7.52. The topological polar surface area (TPSA) is 35.6 Å². The van der Waals surface area contributed by atoms with Gasteiger partial charge in [0.05, 0.1) is 6.54 Å². The Labute approximate surface area is 125 Å². The van der Waals surface area contributed by atoms with Crippen LogP contribution in [-0.4, -0.2) is 55.0 Å². The van der Waals surface area contributed by atoms with E-state index in [1.54, 1.807) is 0 Å². The van der Waals surface area contributed by atoms with Crippen LogP contribution in [0.15, 0.2) is 24.3 Å². The fraction of sp³-hybridized carbons (Fsp3) is 0.562. The summed E-state index contributed by atoms with van der Waals surface area (Å²) < 4.78 is 13.0. The Bertz CT molecular complexity index is 455. The highest BCUT2D eigenvalue weighted by atomic mass is 19.1. The van der Waals surface area contributed by atoms with E-state index in [0.717, 1.165) is 31.7 Å². The first-order valence-electron chi connectivity index (χ1n) is 7.58. The van der Waals surface area contributed by atoms with Crippen LogP contribution in [-0.2, 0) is 4.79 Å². The zero-order chi connectivity index (χ0) is 15.2. The van der Waals surface area contributed by atoms with Crippen molar-refractivity contribution in [1.82, 2.24) is 15.1 Å². The van der Waals surface area contributed by atoms with E-state index < -0.39 is 0 Å². The summed E-state index contributed by atoms with van der Waals surface area (Å²) in [5, 5.41) is 2.83. The first-order chi connectivity index (χ1) is 10.1. The van der Waals surface area contributed by atoms with E-state index in [0.29, 0.717) is 13.1 Å². The molecule has 0 radical (unpaired) electrons. The van der Waals surface area contributed by atoms with Gasteiger partial charge < -0.3 is 5.32 Å². The standard InChI is InChI=1S/C16H24FN3O/c1-3-18-16(21)12-19-8-10-20(11-9-19)13(2)14-4-6-15(17)7-5-14/h4-7,13H,3,8-12H2,1-2H3,(H,18,21)/t13-/m0/s1. The van der Waals surface area contributed by atoms with Crippen molar-refractivity contribution < 1.29 is 9.18 Å². The van der Waals surface area contributed by atoms with Crippen LogP contribution in [0.1, 0.15) is 25.5 Å². The second-order valence-electron chi connectivity index (χ2n) is 5.49. The van der Waals surface area contributed by atoms with Crippen molar-refractivity contribution in [2.24, 2.45) is 0 Å². The largest absolute Gasteiger partial charge is 0.355 e. The molecule has 2 rings (SSSR count). The molecule has 4 nitrogen and oxygen atoms in total. The van der Waals surface area contributed by atoms with Gasteiger partial charge in [-0.2, -0.15) is 0 Å². The average Bonchev–Trinajstić information content (AvgIpc) is 2.48. The van der Waals surface area contributed by atoms with Crippen LogP contribution < -0.4 is 5.32 Å². The number of hydrogen-bond donors (Lipinski definition) is 1. The minimum absolute atomic E-state index is 0.0949. The van der Waals surface area contributed by atoms with Gasteiger partial charge in [-0.1, -0.05) is 12.1 Å². The summed E-state index contributed by atoms with van der Waals surface area (Å²) in [4.78, 5) is 16.1. The van der Waals surface area contributed by atoms with E-state index in [9.17, 15) is 9.18 Å². The van der Waals surface area contributed by atoms with E-state index in [1.165, 1.54) is 12.1 Å². The number of nitrogens with zero attached hydrogens (tertiary/aromatic N) is 2. The number of benzene rings is 1. The predicted octanol–water partition coefficient (Wildman–Crippen LogP) is 1.64. The van der Waals surface area contributed by atoms with Gasteiger partial charge >= 0.3 is 0 Å².